The predicted octanol–water partition coefficient (Wildman–Crippen LogP) is 3.92. The zero-order valence-electron chi connectivity index (χ0n) is 13.7. The highest BCUT2D eigenvalue weighted by Gasteiger charge is 2.30. The normalized spacial score (nSPS) is 13.4. The number of rotatable bonds is 4. The molecular formula is C19H17F3N2O. The molecule has 1 amide bonds. The number of aryl methyl sites for hydroxylation is 1. The highest BCUT2D eigenvalue weighted by atomic mass is 19.4. The predicted molar refractivity (Wildman–Crippen MR) is 88.6 cm³/mol. The van der Waals surface area contributed by atoms with Crippen molar-refractivity contribution in [1.82, 2.24) is 10.3 Å². The molecule has 0 saturated heterocycles. The third-order valence-corrected chi connectivity index (χ3v) is 4.14. The van der Waals surface area contributed by atoms with Crippen molar-refractivity contribution >= 4 is 11.6 Å². The third-order valence-electron chi connectivity index (χ3n) is 4.14. The van der Waals surface area contributed by atoms with Crippen molar-refractivity contribution in [1.29, 1.82) is 0 Å². The minimum atomic E-state index is -4.37. The van der Waals surface area contributed by atoms with Crippen LogP contribution in [0.25, 0.3) is 5.70 Å². The van der Waals surface area contributed by atoms with Gasteiger partial charge in [0.05, 0.1) is 17.7 Å². The first-order valence-electron chi connectivity index (χ1n) is 8.01. The Morgan fingerprint density at radius 2 is 1.92 bits per heavy atom. The molecule has 3 rings (SSSR count). The average molecular weight is 346 g/mol. The number of nitrogens with one attached hydrogen (secondary N) is 1. The van der Waals surface area contributed by atoms with E-state index in [0.29, 0.717) is 12.0 Å². The van der Waals surface area contributed by atoms with E-state index in [0.717, 1.165) is 41.1 Å². The van der Waals surface area contributed by atoms with Crippen LogP contribution < -0.4 is 5.32 Å². The molecule has 6 heteroatoms. The molecule has 130 valence electrons. The summed E-state index contributed by atoms with van der Waals surface area (Å²) >= 11 is 0. The number of pyridine rings is 1. The van der Waals surface area contributed by atoms with E-state index in [1.54, 1.807) is 0 Å². The number of halogens is 3. The molecule has 0 aliphatic heterocycles. The molecule has 0 unspecified atom stereocenters. The van der Waals surface area contributed by atoms with Gasteiger partial charge in [-0.1, -0.05) is 25.1 Å². The van der Waals surface area contributed by atoms with Gasteiger partial charge in [0, 0.05) is 23.9 Å². The molecule has 0 fully saturated rings. The van der Waals surface area contributed by atoms with Gasteiger partial charge in [-0.25, -0.2) is 0 Å². The molecule has 0 spiro atoms. The summed E-state index contributed by atoms with van der Waals surface area (Å²) in [5, 5.41) is 2.84. The molecular weight excluding hydrogens is 329 g/mol. The number of aromatic nitrogens is 1. The van der Waals surface area contributed by atoms with Crippen molar-refractivity contribution in [2.24, 2.45) is 0 Å². The number of nitrogens with zero attached hydrogens (tertiary/aromatic N) is 1. The fourth-order valence-corrected chi connectivity index (χ4v) is 2.74. The van der Waals surface area contributed by atoms with Crippen LogP contribution in [0, 0.1) is 0 Å². The van der Waals surface area contributed by atoms with E-state index in [1.165, 1.54) is 12.1 Å². The van der Waals surface area contributed by atoms with Crippen molar-refractivity contribution < 1.29 is 18.0 Å². The van der Waals surface area contributed by atoms with Crippen molar-refractivity contribution in [2.75, 3.05) is 0 Å². The summed E-state index contributed by atoms with van der Waals surface area (Å²) < 4.78 is 37.7. The number of hydrogen-bond acceptors (Lipinski definition) is 2. The zero-order chi connectivity index (χ0) is 18.0. The van der Waals surface area contributed by atoms with Crippen molar-refractivity contribution in [3.05, 3.63) is 70.6 Å². The van der Waals surface area contributed by atoms with Gasteiger partial charge in [0.15, 0.2) is 0 Å². The summed E-state index contributed by atoms with van der Waals surface area (Å²) in [6, 6.07) is 6.65. The quantitative estimate of drug-likeness (QED) is 0.912. The summed E-state index contributed by atoms with van der Waals surface area (Å²) in [6.45, 7) is 2.03. The standard InChI is InChI=1S/C19H17F3N2O/c1-2-12-9-15-16(23-11-12)7-8-17(15)24-18(25)10-13-3-5-14(6-4-13)19(20,21)22/h3-6,8-9,11H,2,7,10H2,1H3,(H,24,25). The van der Waals surface area contributed by atoms with E-state index < -0.39 is 11.7 Å². The van der Waals surface area contributed by atoms with Gasteiger partial charge in [-0.15, -0.1) is 0 Å². The van der Waals surface area contributed by atoms with E-state index in [2.05, 4.69) is 10.3 Å². The molecule has 3 nitrogen and oxygen atoms in total. The maximum absolute atomic E-state index is 12.6. The molecule has 2 aromatic rings. The Morgan fingerprint density at radius 3 is 2.56 bits per heavy atom. The van der Waals surface area contributed by atoms with Crippen LogP contribution in [0.1, 0.15) is 34.9 Å². The lowest BCUT2D eigenvalue weighted by molar-refractivity contribution is -0.137. The zero-order valence-corrected chi connectivity index (χ0v) is 13.7. The number of allylic oxidation sites excluding steroid dienone is 1. The average Bonchev–Trinajstić information content (AvgIpc) is 2.96. The van der Waals surface area contributed by atoms with Crippen molar-refractivity contribution in [2.45, 2.75) is 32.4 Å². The second-order valence-corrected chi connectivity index (χ2v) is 5.93. The monoisotopic (exact) mass is 346 g/mol. The largest absolute Gasteiger partial charge is 0.416 e. The summed E-state index contributed by atoms with van der Waals surface area (Å²) in [7, 11) is 0. The Balaban J connectivity index is 1.67. The Morgan fingerprint density at radius 1 is 1.20 bits per heavy atom. The molecule has 0 saturated carbocycles. The van der Waals surface area contributed by atoms with Crippen molar-refractivity contribution in [3.8, 4) is 0 Å². The molecule has 0 atom stereocenters. The van der Waals surface area contributed by atoms with Gasteiger partial charge < -0.3 is 5.32 Å². The number of benzene rings is 1. The number of fused-ring (bicyclic) bond motifs is 1. The van der Waals surface area contributed by atoms with E-state index in [-0.39, 0.29) is 12.3 Å². The van der Waals surface area contributed by atoms with Crippen LogP contribution in [-0.2, 0) is 30.2 Å². The van der Waals surface area contributed by atoms with Crippen LogP contribution in [0.4, 0.5) is 13.2 Å². The topological polar surface area (TPSA) is 42.0 Å². The van der Waals surface area contributed by atoms with E-state index in [4.69, 9.17) is 0 Å². The van der Waals surface area contributed by atoms with Crippen LogP contribution in [0.5, 0.6) is 0 Å². The fraction of sp³-hybridized carbons (Fsp3) is 0.263. The lowest BCUT2D eigenvalue weighted by Gasteiger charge is -2.10. The first-order valence-corrected chi connectivity index (χ1v) is 8.01. The summed E-state index contributed by atoms with van der Waals surface area (Å²) in [6.07, 6.45) is 0.901. The molecule has 1 aliphatic rings. The molecule has 0 bridgehead atoms. The number of carbonyl (C=O) groups is 1. The summed E-state index contributed by atoms with van der Waals surface area (Å²) in [5.41, 5.74) is 3.45. The first kappa shape index (κ1) is 17.2. The van der Waals surface area contributed by atoms with Gasteiger partial charge in [-0.2, -0.15) is 13.2 Å². The molecule has 25 heavy (non-hydrogen) atoms. The van der Waals surface area contributed by atoms with Gasteiger partial charge in [0.2, 0.25) is 5.91 Å². The van der Waals surface area contributed by atoms with Gasteiger partial charge in [-0.3, -0.25) is 9.78 Å². The Hall–Kier alpha value is -2.63. The second kappa shape index (κ2) is 6.70. The molecule has 1 N–H and O–H groups in total. The maximum atomic E-state index is 12.6. The van der Waals surface area contributed by atoms with Crippen LogP contribution in [0.3, 0.4) is 0 Å². The van der Waals surface area contributed by atoms with Crippen LogP contribution >= 0.6 is 0 Å². The molecule has 1 aromatic heterocycles. The fourth-order valence-electron chi connectivity index (χ4n) is 2.74. The highest BCUT2D eigenvalue weighted by molar-refractivity contribution is 5.89. The second-order valence-electron chi connectivity index (χ2n) is 5.93. The van der Waals surface area contributed by atoms with E-state index >= 15 is 0 Å². The summed E-state index contributed by atoms with van der Waals surface area (Å²) in [4.78, 5) is 16.6. The third kappa shape index (κ3) is 3.90. The van der Waals surface area contributed by atoms with Crippen LogP contribution in [0.2, 0.25) is 0 Å². The van der Waals surface area contributed by atoms with Gasteiger partial charge in [0.25, 0.3) is 0 Å². The minimum absolute atomic E-state index is 0.0196. The maximum Gasteiger partial charge on any atom is 0.416 e. The summed E-state index contributed by atoms with van der Waals surface area (Å²) in [5.74, 6) is -0.263. The minimum Gasteiger partial charge on any atom is -0.325 e. The Kier molecular flexibility index (Phi) is 4.61. The van der Waals surface area contributed by atoms with E-state index in [9.17, 15) is 18.0 Å². The lowest BCUT2D eigenvalue weighted by atomic mass is 10.1. The van der Waals surface area contributed by atoms with Gasteiger partial charge >= 0.3 is 6.18 Å². The molecule has 1 aromatic carbocycles. The van der Waals surface area contributed by atoms with Crippen molar-refractivity contribution in [3.63, 3.8) is 0 Å². The number of amides is 1. The number of alkyl halides is 3. The number of hydrogen-bond donors (Lipinski definition) is 1. The molecule has 0 radical (unpaired) electrons. The number of carbonyl (C=O) groups excluding carboxylic acids is 1. The smallest absolute Gasteiger partial charge is 0.325 e. The Labute approximate surface area is 143 Å². The van der Waals surface area contributed by atoms with Gasteiger partial charge in [0.1, 0.15) is 0 Å². The van der Waals surface area contributed by atoms with Gasteiger partial charge in [-0.05, 0) is 35.7 Å². The SMILES string of the molecule is CCc1cnc2c(c1)C(NC(=O)Cc1ccc(C(F)(F)F)cc1)=CC2. The van der Waals surface area contributed by atoms with Crippen LogP contribution in [-0.4, -0.2) is 10.9 Å². The van der Waals surface area contributed by atoms with Crippen LogP contribution in [0.15, 0.2) is 42.6 Å². The molecule has 1 heterocycles. The molecule has 1 aliphatic carbocycles. The first-order chi connectivity index (χ1) is 11.9. The van der Waals surface area contributed by atoms with E-state index in [1.807, 2.05) is 25.3 Å². The Bertz CT molecular complexity index is 824. The highest BCUT2D eigenvalue weighted by Crippen LogP contribution is 2.29. The lowest BCUT2D eigenvalue weighted by Crippen LogP contribution is -2.23.